The van der Waals surface area contributed by atoms with Gasteiger partial charge in [0.05, 0.1) is 29.4 Å². The second-order valence-electron chi connectivity index (χ2n) is 5.16. The van der Waals surface area contributed by atoms with Gasteiger partial charge in [0, 0.05) is 0 Å². The fourth-order valence-corrected chi connectivity index (χ4v) is 2.24. The molecule has 0 spiro atoms. The maximum absolute atomic E-state index is 5.32. The van der Waals surface area contributed by atoms with E-state index < -0.39 is 8.07 Å². The van der Waals surface area contributed by atoms with Crippen LogP contribution < -0.4 is 14.2 Å². The second-order valence-corrected chi connectivity index (χ2v) is 10.2. The summed E-state index contributed by atoms with van der Waals surface area (Å²) in [5, 5.41) is 0. The molecule has 0 heterocycles. The Kier molecular flexibility index (Phi) is 4.84. The lowest BCUT2D eigenvalue weighted by atomic mass is 10.2. The van der Waals surface area contributed by atoms with Crippen LogP contribution in [0.3, 0.4) is 0 Å². The molecule has 4 heteroatoms. The Morgan fingerprint density at radius 1 is 0.889 bits per heavy atom. The predicted octanol–water partition coefficient (Wildman–Crippen LogP) is 3.60. The van der Waals surface area contributed by atoms with Gasteiger partial charge in [-0.3, -0.25) is 0 Å². The van der Waals surface area contributed by atoms with E-state index in [1.54, 1.807) is 21.3 Å². The van der Waals surface area contributed by atoms with E-state index in [1.807, 2.05) is 12.1 Å². The molecule has 0 aromatic heterocycles. The number of hydrogen-bond donors (Lipinski definition) is 0. The molecule has 1 aromatic carbocycles. The molecule has 0 atom stereocenters. The summed E-state index contributed by atoms with van der Waals surface area (Å²) in [6.45, 7) is 6.88. The van der Waals surface area contributed by atoms with Crippen molar-refractivity contribution in [3.05, 3.63) is 23.4 Å². The molecule has 18 heavy (non-hydrogen) atoms. The van der Waals surface area contributed by atoms with Crippen molar-refractivity contribution in [3.63, 3.8) is 0 Å². The van der Waals surface area contributed by atoms with Gasteiger partial charge in [0.2, 0.25) is 5.75 Å². The first-order valence-corrected chi connectivity index (χ1v) is 9.48. The van der Waals surface area contributed by atoms with E-state index in [-0.39, 0.29) is 0 Å². The van der Waals surface area contributed by atoms with E-state index in [1.165, 1.54) is 0 Å². The van der Waals surface area contributed by atoms with Crippen LogP contribution in [-0.2, 0) is 0 Å². The molecule has 0 radical (unpaired) electrons. The topological polar surface area (TPSA) is 27.7 Å². The van der Waals surface area contributed by atoms with Gasteiger partial charge in [0.25, 0.3) is 0 Å². The summed E-state index contributed by atoms with van der Waals surface area (Å²) in [5.41, 5.74) is 3.35. The van der Waals surface area contributed by atoms with E-state index in [9.17, 15) is 0 Å². The van der Waals surface area contributed by atoms with Crippen molar-refractivity contribution in [2.75, 3.05) is 21.3 Å². The smallest absolute Gasteiger partial charge is 0.203 e. The van der Waals surface area contributed by atoms with Crippen LogP contribution in [0.15, 0.2) is 17.8 Å². The molecular weight excluding hydrogens is 244 g/mol. The van der Waals surface area contributed by atoms with Gasteiger partial charge in [-0.1, -0.05) is 31.4 Å². The standard InChI is InChI=1S/C14H22O3Si/c1-15-12-9-11(7-8-18(4,5)6)10-13(16-2)14(12)17-3/h7-10H,1-6H3/b8-7-. The van der Waals surface area contributed by atoms with Gasteiger partial charge in [-0.05, 0) is 17.7 Å². The summed E-state index contributed by atoms with van der Waals surface area (Å²) < 4.78 is 15.9. The van der Waals surface area contributed by atoms with Crippen LogP contribution in [0.1, 0.15) is 5.56 Å². The third-order valence-electron chi connectivity index (χ3n) is 2.46. The fourth-order valence-electron chi connectivity index (χ4n) is 1.54. The third kappa shape index (κ3) is 3.80. The molecular formula is C14H22O3Si. The first-order valence-electron chi connectivity index (χ1n) is 5.90. The zero-order chi connectivity index (χ0) is 13.8. The van der Waals surface area contributed by atoms with Crippen molar-refractivity contribution in [3.8, 4) is 17.2 Å². The Balaban J connectivity index is 3.19. The Morgan fingerprint density at radius 2 is 1.39 bits per heavy atom. The zero-order valence-corrected chi connectivity index (χ0v) is 13.0. The first-order chi connectivity index (χ1) is 8.41. The van der Waals surface area contributed by atoms with Gasteiger partial charge in [-0.2, -0.15) is 0 Å². The molecule has 0 aliphatic rings. The summed E-state index contributed by atoms with van der Waals surface area (Å²) in [4.78, 5) is 0. The molecule has 0 fully saturated rings. The van der Waals surface area contributed by atoms with Crippen LogP contribution in [-0.4, -0.2) is 29.4 Å². The van der Waals surface area contributed by atoms with Crippen LogP contribution in [0.5, 0.6) is 17.2 Å². The highest BCUT2D eigenvalue weighted by Gasteiger charge is 2.13. The van der Waals surface area contributed by atoms with Crippen molar-refractivity contribution in [1.29, 1.82) is 0 Å². The Hall–Kier alpha value is -1.42. The molecule has 0 unspecified atom stereocenters. The van der Waals surface area contributed by atoms with Crippen molar-refractivity contribution in [2.24, 2.45) is 0 Å². The lowest BCUT2D eigenvalue weighted by molar-refractivity contribution is 0.324. The van der Waals surface area contributed by atoms with Crippen LogP contribution in [0.4, 0.5) is 0 Å². The van der Waals surface area contributed by atoms with Gasteiger partial charge in [0.1, 0.15) is 0 Å². The van der Waals surface area contributed by atoms with E-state index in [2.05, 4.69) is 31.4 Å². The molecule has 1 rings (SSSR count). The fraction of sp³-hybridized carbons (Fsp3) is 0.429. The van der Waals surface area contributed by atoms with Gasteiger partial charge in [-0.25, -0.2) is 0 Å². The summed E-state index contributed by atoms with van der Waals surface area (Å²) in [6, 6.07) is 3.91. The molecule has 1 aromatic rings. The zero-order valence-electron chi connectivity index (χ0n) is 12.0. The van der Waals surface area contributed by atoms with Gasteiger partial charge < -0.3 is 14.2 Å². The monoisotopic (exact) mass is 266 g/mol. The molecule has 0 saturated heterocycles. The minimum absolute atomic E-state index is 0.630. The maximum atomic E-state index is 5.32. The quantitative estimate of drug-likeness (QED) is 0.762. The minimum Gasteiger partial charge on any atom is -0.493 e. The largest absolute Gasteiger partial charge is 0.493 e. The molecule has 0 aliphatic carbocycles. The highest BCUT2D eigenvalue weighted by atomic mass is 28.3. The van der Waals surface area contributed by atoms with Crippen LogP contribution in [0.2, 0.25) is 19.6 Å². The predicted molar refractivity (Wildman–Crippen MR) is 78.5 cm³/mol. The molecule has 100 valence electrons. The number of benzene rings is 1. The first kappa shape index (κ1) is 14.6. The number of rotatable bonds is 5. The lowest BCUT2D eigenvalue weighted by Crippen LogP contribution is -2.15. The summed E-state index contributed by atoms with van der Waals surface area (Å²) in [7, 11) is 3.66. The molecule has 0 amide bonds. The summed E-state index contributed by atoms with van der Waals surface area (Å²) in [6.07, 6.45) is 2.12. The number of ether oxygens (including phenoxy) is 3. The molecule has 3 nitrogen and oxygen atoms in total. The van der Waals surface area contributed by atoms with Crippen molar-refractivity contribution in [1.82, 2.24) is 0 Å². The SMILES string of the molecule is COc1cc(/C=C\[Si](C)(C)C)cc(OC)c1OC. The molecule has 0 saturated carbocycles. The Labute approximate surface area is 110 Å². The molecule has 0 bridgehead atoms. The Morgan fingerprint density at radius 3 is 1.72 bits per heavy atom. The van der Waals surface area contributed by atoms with Crippen molar-refractivity contribution in [2.45, 2.75) is 19.6 Å². The average molecular weight is 266 g/mol. The highest BCUT2D eigenvalue weighted by Crippen LogP contribution is 2.38. The van der Waals surface area contributed by atoms with Gasteiger partial charge >= 0.3 is 0 Å². The van der Waals surface area contributed by atoms with Crippen molar-refractivity contribution < 1.29 is 14.2 Å². The normalized spacial score (nSPS) is 11.7. The van der Waals surface area contributed by atoms with Crippen molar-refractivity contribution >= 4 is 14.1 Å². The second kappa shape index (κ2) is 5.95. The molecule has 0 N–H and O–H groups in total. The number of methoxy groups -OCH3 is 3. The number of hydrogen-bond acceptors (Lipinski definition) is 3. The van der Waals surface area contributed by atoms with E-state index >= 15 is 0 Å². The minimum atomic E-state index is -1.21. The van der Waals surface area contributed by atoms with Crippen LogP contribution >= 0.6 is 0 Å². The summed E-state index contributed by atoms with van der Waals surface area (Å²) in [5.74, 6) is 2.00. The van der Waals surface area contributed by atoms with E-state index in [4.69, 9.17) is 14.2 Å². The highest BCUT2D eigenvalue weighted by molar-refractivity contribution is 6.81. The van der Waals surface area contributed by atoms with E-state index in [0.717, 1.165) is 5.56 Å². The van der Waals surface area contributed by atoms with Gasteiger partial charge in [0.15, 0.2) is 11.5 Å². The maximum Gasteiger partial charge on any atom is 0.203 e. The average Bonchev–Trinajstić information content (AvgIpc) is 2.33. The Bertz CT molecular complexity index is 408. The summed E-state index contributed by atoms with van der Waals surface area (Å²) >= 11 is 0. The van der Waals surface area contributed by atoms with Crippen LogP contribution in [0, 0.1) is 0 Å². The molecule has 0 aliphatic heterocycles. The van der Waals surface area contributed by atoms with E-state index in [0.29, 0.717) is 17.2 Å². The third-order valence-corrected chi connectivity index (χ3v) is 3.63. The van der Waals surface area contributed by atoms with Gasteiger partial charge in [-0.15, -0.1) is 0 Å². The lowest BCUT2D eigenvalue weighted by Gasteiger charge is -2.13. The van der Waals surface area contributed by atoms with Crippen LogP contribution in [0.25, 0.3) is 6.08 Å².